The summed E-state index contributed by atoms with van der Waals surface area (Å²) in [7, 11) is -3.27. The number of rotatable bonds is 5. The van der Waals surface area contributed by atoms with Gasteiger partial charge in [-0.1, -0.05) is 0 Å². The molecule has 2 rings (SSSR count). The SMILES string of the molecule is CCN(CC)c1snc(N)c1S(=O)(=O)C1CC1. The lowest BCUT2D eigenvalue weighted by molar-refractivity contribution is 0.595. The van der Waals surface area contributed by atoms with Gasteiger partial charge in [0.05, 0.1) is 5.25 Å². The summed E-state index contributed by atoms with van der Waals surface area (Å²) in [5.74, 6) is 0.156. The normalized spacial score (nSPS) is 16.1. The van der Waals surface area contributed by atoms with Crippen LogP contribution >= 0.6 is 11.5 Å². The summed E-state index contributed by atoms with van der Waals surface area (Å²) < 4.78 is 28.6. The zero-order chi connectivity index (χ0) is 12.6. The molecule has 7 heteroatoms. The molecule has 0 aromatic carbocycles. The van der Waals surface area contributed by atoms with Crippen LogP contribution in [-0.4, -0.2) is 31.1 Å². The fourth-order valence-corrected chi connectivity index (χ4v) is 4.96. The van der Waals surface area contributed by atoms with Crippen molar-refractivity contribution in [3.05, 3.63) is 0 Å². The van der Waals surface area contributed by atoms with Crippen LogP contribution in [0.1, 0.15) is 26.7 Å². The maximum atomic E-state index is 12.3. The van der Waals surface area contributed by atoms with Gasteiger partial charge in [0.2, 0.25) is 0 Å². The highest BCUT2D eigenvalue weighted by atomic mass is 32.2. The van der Waals surface area contributed by atoms with Crippen molar-refractivity contribution >= 4 is 32.2 Å². The van der Waals surface area contributed by atoms with Gasteiger partial charge in [-0.05, 0) is 38.2 Å². The number of nitrogen functional groups attached to an aromatic ring is 1. The van der Waals surface area contributed by atoms with E-state index in [1.54, 1.807) is 0 Å². The summed E-state index contributed by atoms with van der Waals surface area (Å²) in [6.07, 6.45) is 1.49. The van der Waals surface area contributed by atoms with Crippen LogP contribution in [0.5, 0.6) is 0 Å². The van der Waals surface area contributed by atoms with E-state index in [1.807, 2.05) is 18.7 Å². The average molecular weight is 275 g/mol. The average Bonchev–Trinajstić information content (AvgIpc) is 3.06. The second-order valence-electron chi connectivity index (χ2n) is 4.12. The van der Waals surface area contributed by atoms with Crippen molar-refractivity contribution in [2.45, 2.75) is 36.8 Å². The Morgan fingerprint density at radius 2 is 2.00 bits per heavy atom. The van der Waals surface area contributed by atoms with Crippen LogP contribution in [-0.2, 0) is 9.84 Å². The van der Waals surface area contributed by atoms with E-state index in [4.69, 9.17) is 5.73 Å². The summed E-state index contributed by atoms with van der Waals surface area (Å²) in [5.41, 5.74) is 5.73. The quantitative estimate of drug-likeness (QED) is 0.881. The smallest absolute Gasteiger partial charge is 0.187 e. The molecule has 2 N–H and O–H groups in total. The van der Waals surface area contributed by atoms with E-state index >= 15 is 0 Å². The van der Waals surface area contributed by atoms with Crippen molar-refractivity contribution in [2.24, 2.45) is 0 Å². The Morgan fingerprint density at radius 1 is 1.41 bits per heavy atom. The van der Waals surface area contributed by atoms with Crippen molar-refractivity contribution in [1.29, 1.82) is 0 Å². The van der Waals surface area contributed by atoms with Crippen LogP contribution in [0.2, 0.25) is 0 Å². The second kappa shape index (κ2) is 4.45. The molecule has 17 heavy (non-hydrogen) atoms. The minimum atomic E-state index is -3.27. The van der Waals surface area contributed by atoms with Crippen LogP contribution in [0.3, 0.4) is 0 Å². The molecule has 5 nitrogen and oxygen atoms in total. The van der Waals surface area contributed by atoms with Gasteiger partial charge in [-0.15, -0.1) is 0 Å². The van der Waals surface area contributed by atoms with Gasteiger partial charge in [0.15, 0.2) is 15.7 Å². The minimum absolute atomic E-state index is 0.156. The molecule has 0 amide bonds. The fourth-order valence-electron chi connectivity index (χ4n) is 1.81. The molecule has 1 fully saturated rings. The van der Waals surface area contributed by atoms with Crippen molar-refractivity contribution in [2.75, 3.05) is 23.7 Å². The first-order chi connectivity index (χ1) is 8.02. The highest BCUT2D eigenvalue weighted by molar-refractivity contribution is 7.92. The molecule has 0 bridgehead atoms. The van der Waals surface area contributed by atoms with Crippen LogP contribution in [0.4, 0.5) is 10.8 Å². The zero-order valence-corrected chi connectivity index (χ0v) is 11.6. The lowest BCUT2D eigenvalue weighted by Gasteiger charge is -2.19. The third-order valence-electron chi connectivity index (χ3n) is 2.96. The van der Waals surface area contributed by atoms with Crippen LogP contribution in [0, 0.1) is 0 Å². The fraction of sp³-hybridized carbons (Fsp3) is 0.700. The summed E-state index contributed by atoms with van der Waals surface area (Å²) in [6.45, 7) is 5.50. The minimum Gasteiger partial charge on any atom is -0.382 e. The number of nitrogens with two attached hydrogens (primary N) is 1. The Morgan fingerprint density at radius 3 is 2.47 bits per heavy atom. The molecule has 1 saturated carbocycles. The molecule has 1 aliphatic carbocycles. The molecule has 0 spiro atoms. The molecule has 0 saturated heterocycles. The number of aromatic nitrogens is 1. The van der Waals surface area contributed by atoms with Crippen molar-refractivity contribution in [3.63, 3.8) is 0 Å². The molecule has 1 aromatic rings. The molecule has 0 unspecified atom stereocenters. The predicted molar refractivity (Wildman–Crippen MR) is 70.3 cm³/mol. The van der Waals surface area contributed by atoms with Gasteiger partial charge in [0.1, 0.15) is 9.90 Å². The Bertz CT molecular complexity index is 502. The molecule has 0 aliphatic heterocycles. The summed E-state index contributed by atoms with van der Waals surface area (Å²) in [6, 6.07) is 0. The Hall–Kier alpha value is -0.820. The van der Waals surface area contributed by atoms with Crippen LogP contribution in [0.15, 0.2) is 4.90 Å². The number of hydrogen-bond acceptors (Lipinski definition) is 6. The Labute approximate surface area is 106 Å². The largest absolute Gasteiger partial charge is 0.382 e. The maximum Gasteiger partial charge on any atom is 0.187 e. The van der Waals surface area contributed by atoms with Gasteiger partial charge in [-0.2, -0.15) is 4.37 Å². The third kappa shape index (κ3) is 2.13. The van der Waals surface area contributed by atoms with Crippen LogP contribution in [0.25, 0.3) is 0 Å². The summed E-state index contributed by atoms with van der Waals surface area (Å²) in [5, 5.41) is 0.454. The van der Waals surface area contributed by atoms with E-state index in [0.717, 1.165) is 25.9 Å². The van der Waals surface area contributed by atoms with Crippen molar-refractivity contribution in [3.8, 4) is 0 Å². The van der Waals surface area contributed by atoms with Crippen molar-refractivity contribution in [1.82, 2.24) is 4.37 Å². The molecule has 1 aromatic heterocycles. The van der Waals surface area contributed by atoms with Gasteiger partial charge in [0, 0.05) is 13.1 Å². The van der Waals surface area contributed by atoms with E-state index in [-0.39, 0.29) is 16.0 Å². The third-order valence-corrected chi connectivity index (χ3v) is 6.33. The number of nitrogens with zero attached hydrogens (tertiary/aromatic N) is 2. The monoisotopic (exact) mass is 275 g/mol. The van der Waals surface area contributed by atoms with E-state index < -0.39 is 9.84 Å². The molecule has 1 heterocycles. The predicted octanol–water partition coefficient (Wildman–Crippen LogP) is 1.51. The van der Waals surface area contributed by atoms with E-state index in [2.05, 4.69) is 4.37 Å². The topological polar surface area (TPSA) is 76.3 Å². The zero-order valence-electron chi connectivity index (χ0n) is 10.0. The molecular weight excluding hydrogens is 258 g/mol. The maximum absolute atomic E-state index is 12.3. The lowest BCUT2D eigenvalue weighted by Crippen LogP contribution is -2.23. The number of hydrogen-bond donors (Lipinski definition) is 1. The van der Waals surface area contributed by atoms with Gasteiger partial charge in [0.25, 0.3) is 0 Å². The lowest BCUT2D eigenvalue weighted by atomic mass is 10.5. The number of sulfone groups is 1. The van der Waals surface area contributed by atoms with Crippen molar-refractivity contribution < 1.29 is 8.42 Å². The van der Waals surface area contributed by atoms with Gasteiger partial charge in [-0.3, -0.25) is 0 Å². The summed E-state index contributed by atoms with van der Waals surface area (Å²) in [4.78, 5) is 2.25. The highest BCUT2D eigenvalue weighted by Crippen LogP contribution is 2.42. The van der Waals surface area contributed by atoms with Gasteiger partial charge in [-0.25, -0.2) is 8.42 Å². The van der Waals surface area contributed by atoms with Gasteiger partial charge >= 0.3 is 0 Å². The van der Waals surface area contributed by atoms with Gasteiger partial charge < -0.3 is 10.6 Å². The summed E-state index contributed by atoms with van der Waals surface area (Å²) >= 11 is 1.18. The molecule has 0 radical (unpaired) electrons. The number of anilines is 2. The first-order valence-corrected chi connectivity index (χ1v) is 8.08. The Kier molecular flexibility index (Phi) is 3.31. The van der Waals surface area contributed by atoms with Crippen LogP contribution < -0.4 is 10.6 Å². The Balaban J connectivity index is 2.49. The van der Waals surface area contributed by atoms with E-state index in [1.165, 1.54) is 11.5 Å². The first-order valence-electron chi connectivity index (χ1n) is 5.76. The molecule has 96 valence electrons. The molecule has 0 atom stereocenters. The van der Waals surface area contributed by atoms with E-state index in [9.17, 15) is 8.42 Å². The standard InChI is InChI=1S/C10H17N3O2S2/c1-3-13(4-2)10-8(9(11)12-16-10)17(14,15)7-5-6-7/h7H,3-6H2,1-2H3,(H2,11,12). The highest BCUT2D eigenvalue weighted by Gasteiger charge is 2.41. The van der Waals surface area contributed by atoms with E-state index in [0.29, 0.717) is 5.00 Å². The second-order valence-corrected chi connectivity index (χ2v) is 7.04. The molecule has 1 aliphatic rings. The molecular formula is C10H17N3O2S2. The first kappa shape index (κ1) is 12.6.